The van der Waals surface area contributed by atoms with Gasteiger partial charge in [-0.2, -0.15) is 0 Å². The molecular weight excluding hydrogens is 762 g/mol. The zero-order valence-corrected chi connectivity index (χ0v) is 32.3. The Morgan fingerprint density at radius 2 is 1.40 bits per heavy atom. The van der Waals surface area contributed by atoms with Gasteiger partial charge in [0, 0.05) is 103 Å². The van der Waals surface area contributed by atoms with Gasteiger partial charge in [0.25, 0.3) is 0 Å². The summed E-state index contributed by atoms with van der Waals surface area (Å²) in [7, 11) is -5.88. The van der Waals surface area contributed by atoms with E-state index in [1.54, 1.807) is 6.20 Å². The summed E-state index contributed by atoms with van der Waals surface area (Å²) < 4.78 is 74.4. The molecule has 14 nitrogen and oxygen atoms in total. The fraction of sp³-hybridized carbons (Fsp3) is 0.800. The fourth-order valence-electron chi connectivity index (χ4n) is 5.04. The summed E-state index contributed by atoms with van der Waals surface area (Å²) in [5.74, 6) is 0. The molecule has 240 valence electrons. The Labute approximate surface area is 303 Å². The van der Waals surface area contributed by atoms with Crippen LogP contribution in [0.4, 0.5) is 4.79 Å². The molecule has 0 bridgehead atoms. The number of ether oxygens (including phenoxy) is 5. The zero-order valence-electron chi connectivity index (χ0n) is 24.6. The van der Waals surface area contributed by atoms with Crippen molar-refractivity contribution in [1.29, 1.82) is 0 Å². The second kappa shape index (κ2) is 20.3. The molecule has 1 aromatic rings. The van der Waals surface area contributed by atoms with Crippen LogP contribution < -0.4 is 0 Å². The number of aromatic nitrogens is 1. The molecule has 0 saturated carbocycles. The first kappa shape index (κ1) is 40.1. The molecule has 11 atom stereocenters. The van der Waals surface area contributed by atoms with Crippen LogP contribution in [0.1, 0.15) is 45.6 Å². The van der Waals surface area contributed by atoms with Crippen molar-refractivity contribution >= 4 is 22.7 Å². The molecule has 4 heterocycles. The number of aromatic amines is 1. The molecule has 4 rings (SSSR count). The van der Waals surface area contributed by atoms with Gasteiger partial charge in [-0.3, -0.25) is 9.13 Å². The van der Waals surface area contributed by atoms with Crippen LogP contribution in [-0.4, -0.2) is 97.6 Å². The van der Waals surface area contributed by atoms with Gasteiger partial charge in [-0.1, -0.05) is 0 Å². The van der Waals surface area contributed by atoms with Gasteiger partial charge in [0.1, 0.15) is 24.9 Å². The van der Waals surface area contributed by atoms with Crippen LogP contribution in [0.5, 0.6) is 0 Å². The molecule has 2 N–H and O–H groups in total. The molecule has 3 fully saturated rings. The van der Waals surface area contributed by atoms with E-state index in [2.05, 4.69) is 4.98 Å². The molecule has 18 heteroatoms. The molecule has 0 spiro atoms. The minimum atomic E-state index is -2.98. The molecule has 1 aromatic heterocycles. The van der Waals surface area contributed by atoms with Crippen LogP contribution >= 0.6 is 16.5 Å². The van der Waals surface area contributed by atoms with Crippen molar-refractivity contribution in [3.63, 3.8) is 0 Å². The normalized spacial score (nSPS) is 33.3. The van der Waals surface area contributed by atoms with E-state index in [9.17, 15) is 19.0 Å². The summed E-state index contributed by atoms with van der Waals surface area (Å²) >= 11 is 0. The molecule has 43 heavy (non-hydrogen) atoms. The number of hydrogen-bond acceptors (Lipinski definition) is 13. The Kier molecular flexibility index (Phi) is 18.9. The third kappa shape index (κ3) is 13.5. The Hall–Kier alpha value is 0.898. The summed E-state index contributed by atoms with van der Waals surface area (Å²) in [6, 6.07) is 1.89. The standard InChI is InChI=1S/C25H41NO13P2.2Y/c1-15-8-19(27)22(35-15)13-33-40(29)39-21-10-17(3)37-24(21)14-34-41(30)38-20-9-16(2)36-23(20)12-32-25(28)31-7-5-18-4-6-26-11-18;;/h4,6,11,15-17,19-24,26-27,40-41H,5,7-10,12-14H2,1-3H3;;. The number of carbonyl (C=O) groups is 1. The largest absolute Gasteiger partial charge is 0.508 e. The molecular formula is C25H41NO13P2Y2. The second-order valence-electron chi connectivity index (χ2n) is 10.5. The van der Waals surface area contributed by atoms with Crippen LogP contribution in [0.3, 0.4) is 0 Å². The van der Waals surface area contributed by atoms with Crippen molar-refractivity contribution in [3.05, 3.63) is 24.0 Å². The van der Waals surface area contributed by atoms with E-state index in [0.29, 0.717) is 25.7 Å². The third-order valence-electron chi connectivity index (χ3n) is 7.05. The van der Waals surface area contributed by atoms with Crippen LogP contribution in [-0.2, 0) is 123 Å². The quantitative estimate of drug-likeness (QED) is 0.196. The molecule has 2 radical (unpaired) electrons. The van der Waals surface area contributed by atoms with Gasteiger partial charge in [0.05, 0.1) is 56.4 Å². The van der Waals surface area contributed by atoms with Crippen molar-refractivity contribution in [3.8, 4) is 0 Å². The maximum atomic E-state index is 12.7. The van der Waals surface area contributed by atoms with Crippen molar-refractivity contribution in [2.75, 3.05) is 26.4 Å². The maximum Gasteiger partial charge on any atom is 0.508 e. The molecule has 11 unspecified atom stereocenters. The second-order valence-corrected chi connectivity index (χ2v) is 12.6. The summed E-state index contributed by atoms with van der Waals surface area (Å²) in [4.78, 5) is 14.9. The number of rotatable bonds is 15. The van der Waals surface area contributed by atoms with Crippen LogP contribution in [0.2, 0.25) is 0 Å². The van der Waals surface area contributed by atoms with Gasteiger partial charge in [0.15, 0.2) is 0 Å². The van der Waals surface area contributed by atoms with Crippen LogP contribution in [0, 0.1) is 0 Å². The Morgan fingerprint density at radius 3 is 1.93 bits per heavy atom. The van der Waals surface area contributed by atoms with Crippen LogP contribution in [0.15, 0.2) is 18.5 Å². The van der Waals surface area contributed by atoms with E-state index in [1.807, 2.05) is 33.0 Å². The van der Waals surface area contributed by atoms with Crippen molar-refractivity contribution in [2.45, 2.75) is 101 Å². The van der Waals surface area contributed by atoms with Gasteiger partial charge >= 0.3 is 22.7 Å². The average molecular weight is 803 g/mol. The molecule has 0 amide bonds. The molecule has 0 aliphatic carbocycles. The van der Waals surface area contributed by atoms with E-state index in [4.69, 9.17) is 41.8 Å². The van der Waals surface area contributed by atoms with Gasteiger partial charge in [-0.15, -0.1) is 0 Å². The first-order valence-corrected chi connectivity index (χ1v) is 16.3. The fourth-order valence-corrected chi connectivity index (χ4v) is 6.77. The first-order valence-electron chi connectivity index (χ1n) is 13.9. The number of aliphatic hydroxyl groups is 1. The van der Waals surface area contributed by atoms with Crippen molar-refractivity contribution < 1.29 is 126 Å². The summed E-state index contributed by atoms with van der Waals surface area (Å²) in [6.45, 7) is 5.41. The average Bonchev–Trinajstić information content (AvgIpc) is 3.69. The van der Waals surface area contributed by atoms with E-state index in [1.165, 1.54) is 0 Å². The smallest absolute Gasteiger partial charge is 0.434 e. The third-order valence-corrected chi connectivity index (χ3v) is 8.84. The molecule has 3 aliphatic heterocycles. The first-order chi connectivity index (χ1) is 19.7. The predicted molar refractivity (Wildman–Crippen MR) is 144 cm³/mol. The van der Waals surface area contributed by atoms with Crippen molar-refractivity contribution in [2.24, 2.45) is 0 Å². The monoisotopic (exact) mass is 803 g/mol. The minimum absolute atomic E-state index is 0. The predicted octanol–water partition coefficient (Wildman–Crippen LogP) is 3.18. The summed E-state index contributed by atoms with van der Waals surface area (Å²) in [5, 5.41) is 9.96. The van der Waals surface area contributed by atoms with Gasteiger partial charge in [0.2, 0.25) is 0 Å². The maximum absolute atomic E-state index is 12.7. The van der Waals surface area contributed by atoms with Gasteiger partial charge < -0.3 is 51.9 Å². The number of aliphatic hydroxyl groups excluding tert-OH is 1. The van der Waals surface area contributed by atoms with Gasteiger partial charge in [-0.25, -0.2) is 4.79 Å². The van der Waals surface area contributed by atoms with Gasteiger partial charge in [-0.05, 0) is 32.4 Å². The van der Waals surface area contributed by atoms with E-state index in [0.717, 1.165) is 5.56 Å². The number of nitrogens with one attached hydrogen (secondary N) is 1. The molecule has 3 aliphatic rings. The van der Waals surface area contributed by atoms with Crippen LogP contribution in [0.25, 0.3) is 0 Å². The van der Waals surface area contributed by atoms with E-state index >= 15 is 0 Å². The molecule has 3 saturated heterocycles. The van der Waals surface area contributed by atoms with E-state index in [-0.39, 0.29) is 110 Å². The Balaban J connectivity index is 0.00000323. The minimum Gasteiger partial charge on any atom is -0.434 e. The number of carbonyl (C=O) groups excluding carboxylic acids is 1. The number of H-pyrrole nitrogens is 1. The Bertz CT molecular complexity index is 1010. The van der Waals surface area contributed by atoms with Crippen molar-refractivity contribution in [1.82, 2.24) is 4.98 Å². The topological polar surface area (TPSA) is 170 Å². The Morgan fingerprint density at radius 1 is 0.860 bits per heavy atom. The molecule has 0 aromatic carbocycles. The van der Waals surface area contributed by atoms with E-state index < -0.39 is 59.3 Å². The number of hydrogen-bond donors (Lipinski definition) is 2. The zero-order chi connectivity index (χ0) is 29.4. The summed E-state index contributed by atoms with van der Waals surface area (Å²) in [6.07, 6.45) is 0.526. The SMILES string of the molecule is CC1CC(O)C(CO[PH](=O)OC2CC(C)OC2CO[PH](=O)OC2CC(C)OC2COC(=O)OCCc2cc[nH]c2)O1.[Y].[Y]. The summed E-state index contributed by atoms with van der Waals surface area (Å²) in [5.41, 5.74) is 1.01.